The molecule has 90 valence electrons. The molecule has 2 atom stereocenters. The predicted octanol–water partition coefficient (Wildman–Crippen LogP) is 4.08. The first-order valence-corrected chi connectivity index (χ1v) is 6.06. The topological polar surface area (TPSA) is 21.3 Å². The van der Waals surface area contributed by atoms with Gasteiger partial charge in [-0.15, -0.1) is 0 Å². The molecule has 0 amide bonds. The van der Waals surface area contributed by atoms with E-state index >= 15 is 0 Å². The maximum Gasteiger partial charge on any atom is 0.125 e. The Bertz CT molecular complexity index is 352. The highest BCUT2D eigenvalue weighted by Gasteiger charge is 2.15. The van der Waals surface area contributed by atoms with E-state index in [1.54, 1.807) is 7.11 Å². The normalized spacial score (nSPS) is 14.6. The number of methoxy groups -OCH3 is 1. The summed E-state index contributed by atoms with van der Waals surface area (Å²) in [4.78, 5) is 0. The van der Waals surface area contributed by atoms with E-state index in [1.165, 1.54) is 12.1 Å². The fourth-order valence-electron chi connectivity index (χ4n) is 1.23. The van der Waals surface area contributed by atoms with Gasteiger partial charge in [0.05, 0.1) is 16.8 Å². The number of benzene rings is 1. The van der Waals surface area contributed by atoms with Crippen LogP contribution in [0.4, 0.5) is 10.1 Å². The van der Waals surface area contributed by atoms with E-state index in [9.17, 15) is 4.39 Å². The Hall–Kier alpha value is -0.320. The molecule has 0 saturated carbocycles. The lowest BCUT2D eigenvalue weighted by molar-refractivity contribution is 0.106. The summed E-state index contributed by atoms with van der Waals surface area (Å²) in [6.07, 6.45) is 0.0352. The van der Waals surface area contributed by atoms with Gasteiger partial charge in [0.2, 0.25) is 0 Å². The van der Waals surface area contributed by atoms with Crippen molar-refractivity contribution >= 4 is 33.2 Å². The second-order valence-corrected chi connectivity index (χ2v) is 4.88. The summed E-state index contributed by atoms with van der Waals surface area (Å²) in [6, 6.07) is 2.72. The summed E-state index contributed by atoms with van der Waals surface area (Å²) in [5, 5.41) is 3.53. The van der Waals surface area contributed by atoms with Gasteiger partial charge in [-0.05, 0) is 41.9 Å². The summed E-state index contributed by atoms with van der Waals surface area (Å²) in [5.74, 6) is -0.366. The molecule has 1 N–H and O–H groups in total. The molecule has 0 aliphatic carbocycles. The molecule has 0 aromatic heterocycles. The third-order valence-electron chi connectivity index (χ3n) is 2.45. The third kappa shape index (κ3) is 3.34. The molecule has 16 heavy (non-hydrogen) atoms. The zero-order valence-electron chi connectivity index (χ0n) is 9.35. The molecule has 0 heterocycles. The molecular weight excluding hydrogens is 296 g/mol. The highest BCUT2D eigenvalue weighted by Crippen LogP contribution is 2.32. The maximum absolute atomic E-state index is 13.0. The molecule has 0 spiro atoms. The van der Waals surface area contributed by atoms with Crippen LogP contribution in [0.3, 0.4) is 0 Å². The average molecular weight is 311 g/mol. The highest BCUT2D eigenvalue weighted by molar-refractivity contribution is 9.10. The Labute approximate surface area is 108 Å². The summed E-state index contributed by atoms with van der Waals surface area (Å²) < 4.78 is 18.8. The zero-order chi connectivity index (χ0) is 12.3. The van der Waals surface area contributed by atoms with Crippen LogP contribution in [0, 0.1) is 5.82 Å². The van der Waals surface area contributed by atoms with Gasteiger partial charge in [0.15, 0.2) is 0 Å². The van der Waals surface area contributed by atoms with Crippen LogP contribution in [0.15, 0.2) is 16.6 Å². The largest absolute Gasteiger partial charge is 0.380 e. The molecule has 0 saturated heterocycles. The van der Waals surface area contributed by atoms with Crippen molar-refractivity contribution in [2.45, 2.75) is 26.0 Å². The molecule has 1 rings (SSSR count). The van der Waals surface area contributed by atoms with Crippen LogP contribution in [0.2, 0.25) is 5.02 Å². The van der Waals surface area contributed by atoms with Crippen LogP contribution in [0.1, 0.15) is 13.8 Å². The van der Waals surface area contributed by atoms with Crippen molar-refractivity contribution in [2.75, 3.05) is 12.4 Å². The number of nitrogens with one attached hydrogen (secondary N) is 1. The van der Waals surface area contributed by atoms with Crippen LogP contribution in [0.5, 0.6) is 0 Å². The Morgan fingerprint density at radius 2 is 2.06 bits per heavy atom. The van der Waals surface area contributed by atoms with E-state index in [0.717, 1.165) is 0 Å². The van der Waals surface area contributed by atoms with Gasteiger partial charge in [-0.25, -0.2) is 4.39 Å². The monoisotopic (exact) mass is 309 g/mol. The van der Waals surface area contributed by atoms with Gasteiger partial charge in [-0.1, -0.05) is 11.6 Å². The zero-order valence-corrected chi connectivity index (χ0v) is 11.7. The summed E-state index contributed by atoms with van der Waals surface area (Å²) in [5.41, 5.74) is 0.680. The number of hydrogen-bond acceptors (Lipinski definition) is 2. The second-order valence-electron chi connectivity index (χ2n) is 3.62. The second kappa shape index (κ2) is 5.84. The van der Waals surface area contributed by atoms with Gasteiger partial charge in [0.1, 0.15) is 5.82 Å². The van der Waals surface area contributed by atoms with Crippen molar-refractivity contribution in [1.82, 2.24) is 0 Å². The third-order valence-corrected chi connectivity index (χ3v) is 3.38. The lowest BCUT2D eigenvalue weighted by atomic mass is 10.2. The van der Waals surface area contributed by atoms with Gasteiger partial charge in [-0.3, -0.25) is 0 Å². The lowest BCUT2D eigenvalue weighted by Gasteiger charge is -2.22. The number of rotatable bonds is 4. The van der Waals surface area contributed by atoms with E-state index in [1.807, 2.05) is 13.8 Å². The maximum atomic E-state index is 13.0. The van der Waals surface area contributed by atoms with E-state index < -0.39 is 0 Å². The predicted molar refractivity (Wildman–Crippen MR) is 68.7 cm³/mol. The molecule has 1 aromatic rings. The van der Waals surface area contributed by atoms with Gasteiger partial charge in [0.25, 0.3) is 0 Å². The van der Waals surface area contributed by atoms with Crippen LogP contribution in [-0.4, -0.2) is 19.3 Å². The van der Waals surface area contributed by atoms with Crippen molar-refractivity contribution in [3.8, 4) is 0 Å². The molecule has 0 radical (unpaired) electrons. The van der Waals surface area contributed by atoms with E-state index in [2.05, 4.69) is 21.2 Å². The molecule has 2 nitrogen and oxygen atoms in total. The van der Waals surface area contributed by atoms with Crippen molar-refractivity contribution in [2.24, 2.45) is 0 Å². The minimum absolute atomic E-state index is 0.0352. The van der Waals surface area contributed by atoms with Crippen molar-refractivity contribution < 1.29 is 9.13 Å². The number of halogens is 3. The molecule has 1 aromatic carbocycles. The van der Waals surface area contributed by atoms with Crippen LogP contribution < -0.4 is 5.32 Å². The number of hydrogen-bond donors (Lipinski definition) is 1. The SMILES string of the molecule is COC(C)C(C)Nc1c(Cl)cc(F)cc1Br. The molecule has 5 heteroatoms. The van der Waals surface area contributed by atoms with E-state index in [4.69, 9.17) is 16.3 Å². The minimum atomic E-state index is -0.366. The first-order chi connectivity index (χ1) is 7.45. The summed E-state index contributed by atoms with van der Waals surface area (Å²) in [6.45, 7) is 3.92. The van der Waals surface area contributed by atoms with E-state index in [0.29, 0.717) is 15.2 Å². The van der Waals surface area contributed by atoms with Crippen LogP contribution >= 0.6 is 27.5 Å². The fourth-order valence-corrected chi connectivity index (χ4v) is 2.15. The molecule has 0 fully saturated rings. The summed E-state index contributed by atoms with van der Waals surface area (Å²) in [7, 11) is 1.64. The standard InChI is InChI=1S/C11H14BrClFNO/c1-6(7(2)16-3)15-11-9(12)4-8(14)5-10(11)13/h4-7,15H,1-3H3. The van der Waals surface area contributed by atoms with Gasteiger partial charge < -0.3 is 10.1 Å². The van der Waals surface area contributed by atoms with Gasteiger partial charge >= 0.3 is 0 Å². The van der Waals surface area contributed by atoms with E-state index in [-0.39, 0.29) is 18.0 Å². The summed E-state index contributed by atoms with van der Waals surface area (Å²) >= 11 is 9.22. The van der Waals surface area contributed by atoms with Gasteiger partial charge in [-0.2, -0.15) is 0 Å². The Morgan fingerprint density at radius 1 is 1.44 bits per heavy atom. The molecule has 0 aliphatic heterocycles. The first-order valence-electron chi connectivity index (χ1n) is 4.89. The molecule has 0 bridgehead atoms. The fraction of sp³-hybridized carbons (Fsp3) is 0.455. The Morgan fingerprint density at radius 3 is 2.56 bits per heavy atom. The molecule has 0 aliphatic rings. The molecular formula is C11H14BrClFNO. The quantitative estimate of drug-likeness (QED) is 0.905. The number of anilines is 1. The Kier molecular flexibility index (Phi) is 5.02. The Balaban J connectivity index is 2.89. The highest BCUT2D eigenvalue weighted by atomic mass is 79.9. The first kappa shape index (κ1) is 13.7. The van der Waals surface area contributed by atoms with Crippen molar-refractivity contribution in [3.63, 3.8) is 0 Å². The average Bonchev–Trinajstić information content (AvgIpc) is 2.21. The number of ether oxygens (including phenoxy) is 1. The van der Waals surface area contributed by atoms with Gasteiger partial charge in [0, 0.05) is 17.6 Å². The van der Waals surface area contributed by atoms with Crippen LogP contribution in [-0.2, 0) is 4.74 Å². The minimum Gasteiger partial charge on any atom is -0.380 e. The van der Waals surface area contributed by atoms with Crippen LogP contribution in [0.25, 0.3) is 0 Å². The van der Waals surface area contributed by atoms with Crippen molar-refractivity contribution in [3.05, 3.63) is 27.4 Å². The smallest absolute Gasteiger partial charge is 0.125 e. The molecule has 2 unspecified atom stereocenters. The van der Waals surface area contributed by atoms with Crippen molar-refractivity contribution in [1.29, 1.82) is 0 Å². The lowest BCUT2D eigenvalue weighted by Crippen LogP contribution is -2.29.